The fourth-order valence-electron chi connectivity index (χ4n) is 1.06. The van der Waals surface area contributed by atoms with Crippen LogP contribution in [0.5, 0.6) is 0 Å². The quantitative estimate of drug-likeness (QED) is 0.634. The van der Waals surface area contributed by atoms with E-state index in [1.54, 1.807) is 0 Å². The van der Waals surface area contributed by atoms with E-state index in [1.165, 1.54) is 0 Å². The van der Waals surface area contributed by atoms with Gasteiger partial charge in [0.2, 0.25) is 0 Å². The summed E-state index contributed by atoms with van der Waals surface area (Å²) in [6, 6.07) is 0. The Kier molecular flexibility index (Phi) is 6.29. The van der Waals surface area contributed by atoms with Gasteiger partial charge >= 0.3 is 0 Å². The molecule has 0 saturated carbocycles. The molecular formula is C10H23NO2. The van der Waals surface area contributed by atoms with Gasteiger partial charge in [0, 0.05) is 12.1 Å². The Morgan fingerprint density at radius 2 is 2.15 bits per heavy atom. The zero-order valence-corrected chi connectivity index (χ0v) is 9.05. The molecule has 0 saturated heterocycles. The zero-order chi connectivity index (χ0) is 10.3. The second-order valence-electron chi connectivity index (χ2n) is 4.03. The Hall–Kier alpha value is -0.120. The molecule has 2 unspecified atom stereocenters. The first-order valence-electron chi connectivity index (χ1n) is 5.03. The third kappa shape index (κ3) is 6.99. The molecule has 0 aliphatic rings. The van der Waals surface area contributed by atoms with Gasteiger partial charge in [-0.25, -0.2) is 0 Å². The summed E-state index contributed by atoms with van der Waals surface area (Å²) in [5.74, 6) is 0. The molecule has 0 aliphatic carbocycles. The van der Waals surface area contributed by atoms with Crippen molar-refractivity contribution in [2.45, 2.75) is 51.7 Å². The summed E-state index contributed by atoms with van der Waals surface area (Å²) in [7, 11) is 0. The fourth-order valence-corrected chi connectivity index (χ4v) is 1.06. The van der Waals surface area contributed by atoms with Crippen LogP contribution in [-0.4, -0.2) is 30.0 Å². The molecule has 0 aromatic heterocycles. The fraction of sp³-hybridized carbons (Fsp3) is 1.00. The number of hydrogen-bond acceptors (Lipinski definition) is 3. The van der Waals surface area contributed by atoms with Crippen LogP contribution in [0, 0.1) is 0 Å². The summed E-state index contributed by atoms with van der Waals surface area (Å²) < 4.78 is 5.53. The third-order valence-corrected chi connectivity index (χ3v) is 2.13. The van der Waals surface area contributed by atoms with Gasteiger partial charge in [0.05, 0.1) is 12.7 Å². The number of ether oxygens (including phenoxy) is 1. The average molecular weight is 189 g/mol. The van der Waals surface area contributed by atoms with E-state index in [0.29, 0.717) is 19.1 Å². The van der Waals surface area contributed by atoms with E-state index in [9.17, 15) is 0 Å². The van der Waals surface area contributed by atoms with E-state index in [2.05, 4.69) is 13.8 Å². The molecule has 0 radical (unpaired) electrons. The predicted molar refractivity (Wildman–Crippen MR) is 54.6 cm³/mol. The second kappa shape index (κ2) is 6.35. The van der Waals surface area contributed by atoms with Gasteiger partial charge in [0.1, 0.15) is 0 Å². The summed E-state index contributed by atoms with van der Waals surface area (Å²) in [5.41, 5.74) is 5.25. The topological polar surface area (TPSA) is 55.5 Å². The van der Waals surface area contributed by atoms with Crippen molar-refractivity contribution in [2.75, 3.05) is 13.2 Å². The summed E-state index contributed by atoms with van der Waals surface area (Å²) in [5, 5.41) is 8.88. The lowest BCUT2D eigenvalue weighted by atomic mass is 10.0. The zero-order valence-electron chi connectivity index (χ0n) is 9.05. The van der Waals surface area contributed by atoms with Gasteiger partial charge in [-0.1, -0.05) is 13.3 Å². The van der Waals surface area contributed by atoms with Crippen LogP contribution in [0.4, 0.5) is 0 Å². The van der Waals surface area contributed by atoms with Crippen molar-refractivity contribution in [3.05, 3.63) is 0 Å². The predicted octanol–water partition coefficient (Wildman–Crippen LogP) is 1.29. The van der Waals surface area contributed by atoms with E-state index in [4.69, 9.17) is 15.6 Å². The minimum absolute atomic E-state index is 0.0124. The first-order chi connectivity index (χ1) is 6.02. The highest BCUT2D eigenvalue weighted by atomic mass is 16.5. The third-order valence-electron chi connectivity index (χ3n) is 2.13. The van der Waals surface area contributed by atoms with Gasteiger partial charge in [0.15, 0.2) is 0 Å². The molecule has 0 aliphatic heterocycles. The largest absolute Gasteiger partial charge is 0.394 e. The van der Waals surface area contributed by atoms with Crippen molar-refractivity contribution >= 4 is 0 Å². The van der Waals surface area contributed by atoms with E-state index in [1.807, 2.05) is 6.92 Å². The molecule has 13 heavy (non-hydrogen) atoms. The molecule has 3 heteroatoms. The Bertz CT molecular complexity index is 126. The van der Waals surface area contributed by atoms with Crippen molar-refractivity contribution in [2.24, 2.45) is 5.73 Å². The molecule has 2 atom stereocenters. The summed E-state index contributed by atoms with van der Waals surface area (Å²) >= 11 is 0. The maximum Gasteiger partial charge on any atom is 0.0609 e. The molecule has 0 aromatic carbocycles. The summed E-state index contributed by atoms with van der Waals surface area (Å²) in [6.07, 6.45) is 3.23. The van der Waals surface area contributed by atoms with Crippen LogP contribution in [0.3, 0.4) is 0 Å². The first-order valence-corrected chi connectivity index (χ1v) is 5.03. The van der Waals surface area contributed by atoms with Crippen LogP contribution in [0.2, 0.25) is 0 Å². The Morgan fingerprint density at radius 1 is 1.54 bits per heavy atom. The van der Waals surface area contributed by atoms with Crippen molar-refractivity contribution < 1.29 is 9.84 Å². The van der Waals surface area contributed by atoms with Gasteiger partial charge in [-0.15, -0.1) is 0 Å². The molecule has 3 nitrogen and oxygen atoms in total. The van der Waals surface area contributed by atoms with Crippen LogP contribution in [0.25, 0.3) is 0 Å². The van der Waals surface area contributed by atoms with E-state index < -0.39 is 5.54 Å². The second-order valence-corrected chi connectivity index (χ2v) is 4.03. The summed E-state index contributed by atoms with van der Waals surface area (Å²) in [6.45, 7) is 6.69. The highest BCUT2D eigenvalue weighted by molar-refractivity contribution is 4.76. The highest BCUT2D eigenvalue weighted by Crippen LogP contribution is 2.07. The number of hydrogen-bond donors (Lipinski definition) is 2. The molecule has 0 amide bonds. The van der Waals surface area contributed by atoms with E-state index in [0.717, 1.165) is 12.8 Å². The molecule has 3 N–H and O–H groups in total. The number of nitrogens with two attached hydrogens (primary N) is 1. The van der Waals surface area contributed by atoms with E-state index >= 15 is 0 Å². The van der Waals surface area contributed by atoms with Gasteiger partial charge in [-0.3, -0.25) is 0 Å². The first kappa shape index (κ1) is 12.9. The minimum Gasteiger partial charge on any atom is -0.394 e. The standard InChI is InChI=1S/C10H23NO2/c1-4-5-9(2)13-7-6-10(3,11)8-12/h9,12H,4-8,11H2,1-3H3. The smallest absolute Gasteiger partial charge is 0.0609 e. The molecule has 0 aromatic rings. The van der Waals surface area contributed by atoms with Crippen LogP contribution in [-0.2, 0) is 4.74 Å². The number of aliphatic hydroxyl groups excluding tert-OH is 1. The van der Waals surface area contributed by atoms with Crippen molar-refractivity contribution in [3.63, 3.8) is 0 Å². The van der Waals surface area contributed by atoms with Crippen molar-refractivity contribution in [1.82, 2.24) is 0 Å². The lowest BCUT2D eigenvalue weighted by molar-refractivity contribution is 0.0423. The molecule has 0 spiro atoms. The molecule has 80 valence electrons. The normalized spacial score (nSPS) is 18.2. The van der Waals surface area contributed by atoms with Gasteiger partial charge in [0.25, 0.3) is 0 Å². The van der Waals surface area contributed by atoms with Gasteiger partial charge < -0.3 is 15.6 Å². The maximum atomic E-state index is 8.88. The molecule has 0 rings (SSSR count). The number of rotatable bonds is 7. The Balaban J connectivity index is 3.44. The van der Waals surface area contributed by atoms with Crippen LogP contribution in [0.15, 0.2) is 0 Å². The molecule has 0 heterocycles. The highest BCUT2D eigenvalue weighted by Gasteiger charge is 2.16. The SMILES string of the molecule is CCCC(C)OCCC(C)(N)CO. The summed E-state index contributed by atoms with van der Waals surface area (Å²) in [4.78, 5) is 0. The lowest BCUT2D eigenvalue weighted by Gasteiger charge is -2.22. The van der Waals surface area contributed by atoms with E-state index in [-0.39, 0.29) is 6.61 Å². The Labute approximate surface area is 81.3 Å². The lowest BCUT2D eigenvalue weighted by Crippen LogP contribution is -2.41. The van der Waals surface area contributed by atoms with Gasteiger partial charge in [-0.05, 0) is 26.7 Å². The number of aliphatic hydroxyl groups is 1. The van der Waals surface area contributed by atoms with Gasteiger partial charge in [-0.2, -0.15) is 0 Å². The molecule has 0 bridgehead atoms. The molecule has 0 fully saturated rings. The van der Waals surface area contributed by atoms with Crippen LogP contribution in [0.1, 0.15) is 40.0 Å². The van der Waals surface area contributed by atoms with Crippen LogP contribution < -0.4 is 5.73 Å². The maximum absolute atomic E-state index is 8.88. The van der Waals surface area contributed by atoms with Crippen molar-refractivity contribution in [1.29, 1.82) is 0 Å². The Morgan fingerprint density at radius 3 is 2.62 bits per heavy atom. The molecular weight excluding hydrogens is 166 g/mol. The van der Waals surface area contributed by atoms with Crippen molar-refractivity contribution in [3.8, 4) is 0 Å². The van der Waals surface area contributed by atoms with Crippen LogP contribution >= 0.6 is 0 Å². The minimum atomic E-state index is -0.494. The monoisotopic (exact) mass is 189 g/mol. The average Bonchev–Trinajstić information content (AvgIpc) is 2.05.